The first-order valence-electron chi connectivity index (χ1n) is 5.73. The van der Waals surface area contributed by atoms with E-state index in [0.717, 1.165) is 18.0 Å². The fourth-order valence-electron chi connectivity index (χ4n) is 2.08. The Morgan fingerprint density at radius 3 is 2.62 bits per heavy atom. The third kappa shape index (κ3) is 2.68. The number of rotatable bonds is 4. The van der Waals surface area contributed by atoms with Gasteiger partial charge >= 0.3 is 0 Å². The van der Waals surface area contributed by atoms with E-state index in [9.17, 15) is 0 Å². The Hall–Kier alpha value is -0.0800. The van der Waals surface area contributed by atoms with Crippen molar-refractivity contribution in [2.45, 2.75) is 45.2 Å². The van der Waals surface area contributed by atoms with Gasteiger partial charge in [0.05, 0.1) is 0 Å². The van der Waals surface area contributed by atoms with Crippen LogP contribution in [0.15, 0.2) is 0 Å². The maximum absolute atomic E-state index is 3.69. The first-order valence-corrected chi connectivity index (χ1v) is 5.73. The Morgan fingerprint density at radius 1 is 1.31 bits per heavy atom. The van der Waals surface area contributed by atoms with Crippen LogP contribution in [0.4, 0.5) is 0 Å². The standard InChI is InChI=1S/C11H22N2/c1-9(2)13-6-5-11(8-13)12-7-10-3-4-10/h9-12H,3-8H2,1-2H3/t11-/m1/s1. The normalized spacial score (nSPS) is 30.2. The second kappa shape index (κ2) is 3.97. The molecule has 0 aromatic rings. The van der Waals surface area contributed by atoms with Crippen molar-refractivity contribution >= 4 is 0 Å². The topological polar surface area (TPSA) is 15.3 Å². The average Bonchev–Trinajstić information content (AvgIpc) is 2.79. The highest BCUT2D eigenvalue weighted by atomic mass is 15.2. The summed E-state index contributed by atoms with van der Waals surface area (Å²) in [7, 11) is 0. The van der Waals surface area contributed by atoms with Gasteiger partial charge in [0.15, 0.2) is 0 Å². The van der Waals surface area contributed by atoms with Gasteiger partial charge < -0.3 is 5.32 Å². The molecule has 13 heavy (non-hydrogen) atoms. The van der Waals surface area contributed by atoms with Gasteiger partial charge in [-0.2, -0.15) is 0 Å². The minimum absolute atomic E-state index is 0.729. The quantitative estimate of drug-likeness (QED) is 0.708. The van der Waals surface area contributed by atoms with Crippen LogP contribution in [0.25, 0.3) is 0 Å². The van der Waals surface area contributed by atoms with Gasteiger partial charge in [-0.05, 0) is 52.1 Å². The van der Waals surface area contributed by atoms with E-state index in [4.69, 9.17) is 0 Å². The van der Waals surface area contributed by atoms with Crippen LogP contribution in [0.5, 0.6) is 0 Å². The lowest BCUT2D eigenvalue weighted by atomic mass is 10.2. The molecule has 0 aromatic carbocycles. The lowest BCUT2D eigenvalue weighted by Gasteiger charge is -2.20. The minimum Gasteiger partial charge on any atom is -0.312 e. The van der Waals surface area contributed by atoms with E-state index in [1.165, 1.54) is 38.9 Å². The number of hydrogen-bond donors (Lipinski definition) is 1. The van der Waals surface area contributed by atoms with Gasteiger partial charge in [-0.15, -0.1) is 0 Å². The molecule has 1 saturated carbocycles. The van der Waals surface area contributed by atoms with Crippen molar-refractivity contribution in [1.82, 2.24) is 10.2 Å². The van der Waals surface area contributed by atoms with E-state index in [0.29, 0.717) is 0 Å². The Bertz CT molecular complexity index is 163. The van der Waals surface area contributed by atoms with Crippen molar-refractivity contribution in [1.29, 1.82) is 0 Å². The zero-order valence-electron chi connectivity index (χ0n) is 8.92. The van der Waals surface area contributed by atoms with E-state index < -0.39 is 0 Å². The number of hydrogen-bond acceptors (Lipinski definition) is 2. The highest BCUT2D eigenvalue weighted by Crippen LogP contribution is 2.28. The summed E-state index contributed by atoms with van der Waals surface area (Å²) >= 11 is 0. The molecule has 1 N–H and O–H groups in total. The molecule has 1 saturated heterocycles. The minimum atomic E-state index is 0.729. The lowest BCUT2D eigenvalue weighted by molar-refractivity contribution is 0.268. The number of nitrogens with one attached hydrogen (secondary N) is 1. The number of nitrogens with zero attached hydrogens (tertiary/aromatic N) is 1. The molecule has 0 aromatic heterocycles. The first kappa shape index (κ1) is 9.47. The molecule has 0 amide bonds. The molecule has 0 radical (unpaired) electrons. The predicted octanol–water partition coefficient (Wildman–Crippen LogP) is 1.47. The molecule has 2 nitrogen and oxygen atoms in total. The third-order valence-corrected chi connectivity index (χ3v) is 3.34. The molecule has 0 spiro atoms. The molecule has 2 aliphatic rings. The van der Waals surface area contributed by atoms with Gasteiger partial charge in [0.2, 0.25) is 0 Å². The van der Waals surface area contributed by atoms with Gasteiger partial charge in [0.1, 0.15) is 0 Å². The van der Waals surface area contributed by atoms with E-state index in [1.54, 1.807) is 0 Å². The Balaban J connectivity index is 1.65. The second-order valence-electron chi connectivity index (χ2n) is 4.93. The summed E-state index contributed by atoms with van der Waals surface area (Å²) in [6.45, 7) is 8.42. The summed E-state index contributed by atoms with van der Waals surface area (Å²) in [6.07, 6.45) is 4.28. The Labute approximate surface area is 81.7 Å². The summed E-state index contributed by atoms with van der Waals surface area (Å²) in [6, 6.07) is 1.51. The highest BCUT2D eigenvalue weighted by molar-refractivity contribution is 4.85. The van der Waals surface area contributed by atoms with E-state index in [2.05, 4.69) is 24.1 Å². The summed E-state index contributed by atoms with van der Waals surface area (Å²) < 4.78 is 0. The van der Waals surface area contributed by atoms with Gasteiger partial charge in [0.25, 0.3) is 0 Å². The summed E-state index contributed by atoms with van der Waals surface area (Å²) in [5, 5.41) is 3.69. The van der Waals surface area contributed by atoms with Crippen molar-refractivity contribution in [3.05, 3.63) is 0 Å². The smallest absolute Gasteiger partial charge is 0.0207 e. The van der Waals surface area contributed by atoms with Crippen molar-refractivity contribution in [2.75, 3.05) is 19.6 Å². The molecule has 1 atom stereocenters. The van der Waals surface area contributed by atoms with Gasteiger partial charge in [-0.3, -0.25) is 4.90 Å². The van der Waals surface area contributed by atoms with Gasteiger partial charge in [0, 0.05) is 18.6 Å². The van der Waals surface area contributed by atoms with Crippen LogP contribution in [0, 0.1) is 5.92 Å². The van der Waals surface area contributed by atoms with Gasteiger partial charge in [-0.1, -0.05) is 0 Å². The average molecular weight is 182 g/mol. The Kier molecular flexibility index (Phi) is 2.89. The molecule has 76 valence electrons. The maximum atomic E-state index is 3.69. The molecule has 0 bridgehead atoms. The molecular weight excluding hydrogens is 160 g/mol. The summed E-state index contributed by atoms with van der Waals surface area (Å²) in [4.78, 5) is 2.57. The molecule has 2 heteroatoms. The molecule has 0 unspecified atom stereocenters. The van der Waals surface area contributed by atoms with Crippen molar-refractivity contribution in [2.24, 2.45) is 5.92 Å². The monoisotopic (exact) mass is 182 g/mol. The second-order valence-corrected chi connectivity index (χ2v) is 4.93. The van der Waals surface area contributed by atoms with E-state index in [1.807, 2.05) is 0 Å². The predicted molar refractivity (Wildman–Crippen MR) is 55.8 cm³/mol. The highest BCUT2D eigenvalue weighted by Gasteiger charge is 2.26. The van der Waals surface area contributed by atoms with Gasteiger partial charge in [-0.25, -0.2) is 0 Å². The lowest BCUT2D eigenvalue weighted by Crippen LogP contribution is -2.35. The zero-order chi connectivity index (χ0) is 9.26. The fourth-order valence-corrected chi connectivity index (χ4v) is 2.08. The Morgan fingerprint density at radius 2 is 2.08 bits per heavy atom. The summed E-state index contributed by atoms with van der Waals surface area (Å²) in [5.74, 6) is 1.02. The third-order valence-electron chi connectivity index (χ3n) is 3.34. The van der Waals surface area contributed by atoms with Crippen LogP contribution in [0.1, 0.15) is 33.1 Å². The number of likely N-dealkylation sites (tertiary alicyclic amines) is 1. The maximum Gasteiger partial charge on any atom is 0.0207 e. The van der Waals surface area contributed by atoms with Crippen LogP contribution in [0.2, 0.25) is 0 Å². The van der Waals surface area contributed by atoms with Crippen LogP contribution >= 0.6 is 0 Å². The fraction of sp³-hybridized carbons (Fsp3) is 1.00. The van der Waals surface area contributed by atoms with Crippen molar-refractivity contribution in [3.8, 4) is 0 Å². The van der Waals surface area contributed by atoms with E-state index >= 15 is 0 Å². The van der Waals surface area contributed by atoms with Crippen LogP contribution < -0.4 is 5.32 Å². The molecule has 2 fully saturated rings. The first-order chi connectivity index (χ1) is 6.25. The van der Waals surface area contributed by atoms with Crippen molar-refractivity contribution < 1.29 is 0 Å². The van der Waals surface area contributed by atoms with Crippen LogP contribution in [-0.4, -0.2) is 36.6 Å². The SMILES string of the molecule is CC(C)N1CC[C@@H](NCC2CC2)C1. The summed E-state index contributed by atoms with van der Waals surface area (Å²) in [5.41, 5.74) is 0. The van der Waals surface area contributed by atoms with Crippen LogP contribution in [-0.2, 0) is 0 Å². The molecular formula is C11H22N2. The molecule has 1 aliphatic heterocycles. The van der Waals surface area contributed by atoms with Crippen molar-refractivity contribution in [3.63, 3.8) is 0 Å². The molecule has 1 heterocycles. The molecule has 1 aliphatic carbocycles. The van der Waals surface area contributed by atoms with Crippen LogP contribution in [0.3, 0.4) is 0 Å². The van der Waals surface area contributed by atoms with E-state index in [-0.39, 0.29) is 0 Å². The molecule has 2 rings (SSSR count). The largest absolute Gasteiger partial charge is 0.312 e. The zero-order valence-corrected chi connectivity index (χ0v) is 8.92.